The minimum atomic E-state index is -2.77. The molecule has 0 bridgehead atoms. The van der Waals surface area contributed by atoms with Crippen molar-refractivity contribution in [3.63, 3.8) is 0 Å². The fraction of sp³-hybridized carbons (Fsp3) is 0.521. The average molecular weight is 746 g/mol. The molecule has 3 aromatic carbocycles. The van der Waals surface area contributed by atoms with Crippen molar-refractivity contribution in [2.75, 3.05) is 0 Å². The largest absolute Gasteiger partial charge is 0.288 e. The number of allylic oxidation sites excluding steroid dienone is 1. The van der Waals surface area contributed by atoms with Gasteiger partial charge in [-0.25, -0.2) is 0 Å². The number of benzene rings is 3. The second-order valence-electron chi connectivity index (χ2n) is 20.2. The van der Waals surface area contributed by atoms with Crippen LogP contribution in [0, 0.1) is 0 Å². The van der Waals surface area contributed by atoms with Crippen LogP contribution in [0.4, 0.5) is 0 Å². The molecule has 0 fully saturated rings. The summed E-state index contributed by atoms with van der Waals surface area (Å²) in [7, 11) is -5.27. The van der Waals surface area contributed by atoms with Crippen LogP contribution in [0.2, 0.25) is 15.1 Å². The topological polar surface area (TPSA) is 22.2 Å². The van der Waals surface area contributed by atoms with E-state index in [4.69, 9.17) is 4.66 Å². The Bertz CT molecular complexity index is 1830. The average Bonchev–Trinajstić information content (AvgIpc) is 3.44. The van der Waals surface area contributed by atoms with Crippen molar-refractivity contribution >= 4 is 15.3 Å². The molecule has 0 N–H and O–H groups in total. The summed E-state index contributed by atoms with van der Waals surface area (Å²) >= 11 is 0. The maximum Gasteiger partial charge on any atom is 0.209 e. The highest BCUT2D eigenvalue weighted by Crippen LogP contribution is 2.69. The van der Waals surface area contributed by atoms with Gasteiger partial charge in [-0.3, -0.25) is 13.8 Å². The third kappa shape index (κ3) is 6.66. The number of hydrogen-bond acceptors (Lipinski definition) is 1. The van der Waals surface area contributed by atoms with E-state index >= 15 is 0 Å². The molecule has 5 heteroatoms. The van der Waals surface area contributed by atoms with E-state index in [0.29, 0.717) is 29.2 Å². The van der Waals surface area contributed by atoms with Crippen LogP contribution in [0.1, 0.15) is 175 Å². The van der Waals surface area contributed by atoms with Gasteiger partial charge < -0.3 is 0 Å². The van der Waals surface area contributed by atoms with Crippen LogP contribution >= 0.6 is 0 Å². The molecule has 0 radical (unpaired) electrons. The Morgan fingerprint density at radius 2 is 0.887 bits per heavy atom. The van der Waals surface area contributed by atoms with E-state index in [1.165, 1.54) is 39.2 Å². The molecule has 0 saturated heterocycles. The molecule has 286 valence electrons. The molecule has 0 saturated carbocycles. The summed E-state index contributed by atoms with van der Waals surface area (Å²) in [5.41, 5.74) is 13.6. The van der Waals surface area contributed by atoms with Crippen molar-refractivity contribution in [3.05, 3.63) is 124 Å². The third-order valence-electron chi connectivity index (χ3n) is 12.4. The monoisotopic (exact) mass is 746 g/mol. The van der Waals surface area contributed by atoms with Crippen molar-refractivity contribution in [2.45, 2.75) is 162 Å². The van der Waals surface area contributed by atoms with E-state index in [1.54, 1.807) is 0 Å². The van der Waals surface area contributed by atoms with Crippen LogP contribution in [-0.2, 0) is 0 Å². The fourth-order valence-corrected chi connectivity index (χ4v) is 40.0. The zero-order chi connectivity index (χ0) is 39.5. The fourth-order valence-electron chi connectivity index (χ4n) is 11.7. The van der Waals surface area contributed by atoms with Crippen LogP contribution in [0.3, 0.4) is 0 Å². The highest BCUT2D eigenvalue weighted by Gasteiger charge is 2.75. The second kappa shape index (κ2) is 14.5. The molecule has 1 aliphatic heterocycles. The summed E-state index contributed by atoms with van der Waals surface area (Å²) in [6.07, 6.45) is 7.24. The molecule has 3 nitrogen and oxygen atoms in total. The van der Waals surface area contributed by atoms with Crippen molar-refractivity contribution in [2.24, 2.45) is 4.66 Å². The number of aromatic nitrogens is 2. The second-order valence-corrected chi connectivity index (χ2v) is 33.7. The first-order valence-electron chi connectivity index (χ1n) is 20.4. The Kier molecular flexibility index (Phi) is 11.2. The minimum absolute atomic E-state index is 0.0666. The van der Waals surface area contributed by atoms with Gasteiger partial charge in [-0.05, 0) is 66.6 Å². The van der Waals surface area contributed by atoms with Crippen molar-refractivity contribution in [1.82, 2.24) is 9.13 Å². The molecule has 0 spiro atoms. The number of imidazole rings is 1. The summed E-state index contributed by atoms with van der Waals surface area (Å²) in [5.74, 6) is 1.45. The lowest BCUT2D eigenvalue weighted by Gasteiger charge is -2.68. The number of nitrogens with zero attached hydrogens (tertiary/aromatic N) is 3. The van der Waals surface area contributed by atoms with Gasteiger partial charge in [0.05, 0.1) is 19.0 Å². The first kappa shape index (κ1) is 41.0. The maximum absolute atomic E-state index is 6.68. The summed E-state index contributed by atoms with van der Waals surface area (Å²) < 4.78 is 11.7. The Labute approximate surface area is 325 Å². The van der Waals surface area contributed by atoms with Gasteiger partial charge in [-0.1, -0.05) is 196 Å². The molecular weight excluding hydrogens is 675 g/mol. The summed E-state index contributed by atoms with van der Waals surface area (Å²) in [4.78, 5) is 0. The molecule has 0 aliphatic carbocycles. The third-order valence-corrected chi connectivity index (χ3v) is 35.2. The standard InChI is InChI=1S/C48H71N3Si2/c1-33(2)38-25-21-26-39(34(3)4)43(38)50-30-31-51(44-40(35(5)6)27-22-28-41(44)36(7)8)45(50)49-52(32-29-42(52)37-23-19-18-20-24-37)53(46(9,10)11,47(12,13)14)48(15,16)17/h18-36,42H,1-17H3/t42-,52-/m1/s1. The summed E-state index contributed by atoms with van der Waals surface area (Å²) in [6.45, 7) is 41.8. The van der Waals surface area contributed by atoms with Gasteiger partial charge in [0.15, 0.2) is 0 Å². The van der Waals surface area contributed by atoms with Gasteiger partial charge in [0, 0.05) is 17.9 Å². The predicted molar refractivity (Wildman–Crippen MR) is 236 cm³/mol. The first-order chi connectivity index (χ1) is 24.5. The molecule has 4 aromatic rings. The molecule has 0 amide bonds. The Hall–Kier alpha value is -3.16. The molecule has 1 aliphatic rings. The van der Waals surface area contributed by atoms with E-state index in [2.05, 4.69) is 218 Å². The van der Waals surface area contributed by atoms with Crippen LogP contribution < -0.4 is 5.62 Å². The Morgan fingerprint density at radius 1 is 0.528 bits per heavy atom. The van der Waals surface area contributed by atoms with E-state index < -0.39 is 15.3 Å². The number of rotatable bonds is 9. The van der Waals surface area contributed by atoms with E-state index in [0.717, 1.165) is 5.62 Å². The Morgan fingerprint density at radius 3 is 1.17 bits per heavy atom. The van der Waals surface area contributed by atoms with Crippen LogP contribution in [0.15, 0.2) is 95.6 Å². The molecule has 5 rings (SSSR count). The molecule has 2 atom stereocenters. The zero-order valence-electron chi connectivity index (χ0n) is 36.4. The first-order valence-corrected chi connectivity index (χ1v) is 25.5. The van der Waals surface area contributed by atoms with Crippen molar-refractivity contribution in [1.29, 1.82) is 0 Å². The molecular formula is C48H71N3Si2. The van der Waals surface area contributed by atoms with Crippen molar-refractivity contribution in [3.8, 4) is 11.4 Å². The number of hydrogen-bond donors (Lipinski definition) is 0. The van der Waals surface area contributed by atoms with Gasteiger partial charge in [0.2, 0.25) is 13.4 Å². The number of para-hydroxylation sites is 2. The van der Waals surface area contributed by atoms with E-state index in [1.807, 2.05) is 0 Å². The highest BCUT2D eigenvalue weighted by molar-refractivity contribution is 7.48. The van der Waals surface area contributed by atoms with Crippen LogP contribution in [-0.4, -0.2) is 24.5 Å². The van der Waals surface area contributed by atoms with E-state index in [9.17, 15) is 0 Å². The summed E-state index contributed by atoms with van der Waals surface area (Å²) in [5, 5.41) is 0.200. The van der Waals surface area contributed by atoms with Gasteiger partial charge in [0.1, 0.15) is 0 Å². The minimum Gasteiger partial charge on any atom is -0.288 e. The lowest BCUT2D eigenvalue weighted by Crippen LogP contribution is -2.79. The SMILES string of the molecule is CC(C)c1cccc(C(C)C)c1-n1ccn(-c2c(C(C)C)cccc2C(C)C)c1=N[Si@@]1([Si](C(C)(C)C)(C(C)(C)C)C(C)(C)C)C=C[C@@H]1c1ccccc1. The van der Waals surface area contributed by atoms with Gasteiger partial charge in [-0.2, -0.15) is 0 Å². The molecule has 2 heterocycles. The molecule has 0 unspecified atom stereocenters. The van der Waals surface area contributed by atoms with Gasteiger partial charge in [0.25, 0.3) is 0 Å². The van der Waals surface area contributed by atoms with Gasteiger partial charge in [-0.15, -0.1) is 0 Å². The van der Waals surface area contributed by atoms with Crippen molar-refractivity contribution < 1.29 is 0 Å². The Balaban J connectivity index is 2.14. The quantitative estimate of drug-likeness (QED) is 0.152. The zero-order valence-corrected chi connectivity index (χ0v) is 38.4. The lowest BCUT2D eigenvalue weighted by molar-refractivity contribution is 0.549. The predicted octanol–water partition coefficient (Wildman–Crippen LogP) is 14.0. The normalized spacial score (nSPS) is 18.4. The maximum atomic E-state index is 6.68. The highest BCUT2D eigenvalue weighted by atomic mass is 29.3. The van der Waals surface area contributed by atoms with Gasteiger partial charge >= 0.3 is 0 Å². The van der Waals surface area contributed by atoms with Crippen LogP contribution in [0.5, 0.6) is 0 Å². The molecule has 53 heavy (non-hydrogen) atoms. The van der Waals surface area contributed by atoms with Crippen LogP contribution in [0.25, 0.3) is 11.4 Å². The lowest BCUT2D eigenvalue weighted by atomic mass is 9.92. The molecule has 1 aromatic heterocycles. The van der Waals surface area contributed by atoms with E-state index in [-0.39, 0.29) is 15.1 Å². The smallest absolute Gasteiger partial charge is 0.209 e. The summed E-state index contributed by atoms with van der Waals surface area (Å²) in [6, 6.07) is 25.3.